The molecule has 0 heterocycles. The van der Waals surface area contributed by atoms with Crippen LogP contribution in [0, 0.1) is 0 Å². The summed E-state index contributed by atoms with van der Waals surface area (Å²) in [4.78, 5) is 37.7. The highest BCUT2D eigenvalue weighted by Crippen LogP contribution is 2.21. The van der Waals surface area contributed by atoms with Crippen LogP contribution in [0.1, 0.15) is 438 Å². The first-order valence-corrected chi connectivity index (χ1v) is 46.0. The van der Waals surface area contributed by atoms with Crippen molar-refractivity contribution in [2.75, 3.05) is 47.5 Å². The fourth-order valence-corrected chi connectivity index (χ4v) is 13.6. The molecule has 0 saturated heterocycles. The Bertz CT molecular complexity index is 2140. The van der Waals surface area contributed by atoms with Crippen LogP contribution < -0.4 is 5.11 Å². The lowest BCUT2D eigenvalue weighted by molar-refractivity contribution is -0.870. The number of ether oxygens (including phenoxy) is 4. The van der Waals surface area contributed by atoms with Gasteiger partial charge < -0.3 is 33.3 Å². The van der Waals surface area contributed by atoms with Crippen LogP contribution in [0.2, 0.25) is 0 Å². The zero-order valence-corrected chi connectivity index (χ0v) is 71.3. The SMILES string of the molecule is CC/C=C\C/C=C\C/C=C\C/C=C\C/C=C\CCCCCCCCCCCCCCCCCCCCCCCCCCCC(=O)OC(COC(=O)CCCCCCCCCCCCCCCCCCCCCCCCCCCCCC/C=C\C/C=C\C/C=C\C/C=C\CC)COC(OCC[N+](C)(C)C)C(=O)[O-]. The van der Waals surface area contributed by atoms with E-state index in [1.807, 2.05) is 21.1 Å². The number of hydrogen-bond acceptors (Lipinski definition) is 8. The summed E-state index contributed by atoms with van der Waals surface area (Å²) >= 11 is 0. The molecule has 0 aliphatic heterocycles. The lowest BCUT2D eigenvalue weighted by Gasteiger charge is -2.26. The predicted molar refractivity (Wildman–Crippen MR) is 463 cm³/mol. The number of hydrogen-bond donors (Lipinski definition) is 0. The fourth-order valence-electron chi connectivity index (χ4n) is 13.6. The summed E-state index contributed by atoms with van der Waals surface area (Å²) in [5.74, 6) is -2.25. The number of esters is 2. The second kappa shape index (κ2) is 87.5. The van der Waals surface area contributed by atoms with E-state index in [1.165, 1.54) is 315 Å². The second-order valence-electron chi connectivity index (χ2n) is 32.2. The van der Waals surface area contributed by atoms with Crippen molar-refractivity contribution >= 4 is 17.9 Å². The van der Waals surface area contributed by atoms with Gasteiger partial charge in [0.1, 0.15) is 13.2 Å². The molecule has 2 unspecified atom stereocenters. The summed E-state index contributed by atoms with van der Waals surface area (Å²) in [6, 6.07) is 0. The molecule has 107 heavy (non-hydrogen) atoms. The Morgan fingerprint density at radius 1 is 0.280 bits per heavy atom. The van der Waals surface area contributed by atoms with E-state index in [1.54, 1.807) is 0 Å². The van der Waals surface area contributed by atoms with E-state index in [-0.39, 0.29) is 32.2 Å². The number of likely N-dealkylation sites (N-methyl/N-ethyl adjacent to an activating group) is 1. The maximum atomic E-state index is 13.0. The zero-order chi connectivity index (χ0) is 77.4. The van der Waals surface area contributed by atoms with Crippen LogP contribution in [0.15, 0.2) is 109 Å². The smallest absolute Gasteiger partial charge is 0.306 e. The number of unbranched alkanes of at least 4 members (excludes halogenated alkanes) is 53. The molecular formula is C98H175NO8. The van der Waals surface area contributed by atoms with Crippen molar-refractivity contribution in [3.63, 3.8) is 0 Å². The zero-order valence-electron chi connectivity index (χ0n) is 71.3. The quantitative estimate of drug-likeness (QED) is 0.0195. The lowest BCUT2D eigenvalue weighted by atomic mass is 10.0. The molecule has 0 aromatic carbocycles. The normalized spacial score (nSPS) is 13.1. The molecule has 0 fully saturated rings. The molecule has 0 N–H and O–H groups in total. The third kappa shape index (κ3) is 89.0. The molecule has 620 valence electrons. The van der Waals surface area contributed by atoms with E-state index >= 15 is 0 Å². The number of aliphatic carboxylic acids is 1. The van der Waals surface area contributed by atoms with E-state index < -0.39 is 24.3 Å². The molecule has 0 aromatic heterocycles. The number of nitrogens with zero attached hydrogens (tertiary/aromatic N) is 1. The van der Waals surface area contributed by atoms with E-state index in [0.717, 1.165) is 89.9 Å². The van der Waals surface area contributed by atoms with Gasteiger partial charge >= 0.3 is 11.9 Å². The van der Waals surface area contributed by atoms with Gasteiger partial charge in [0, 0.05) is 12.8 Å². The average molecular weight is 1500 g/mol. The van der Waals surface area contributed by atoms with Gasteiger partial charge in [0.2, 0.25) is 0 Å². The Morgan fingerprint density at radius 3 is 0.748 bits per heavy atom. The largest absolute Gasteiger partial charge is 0.545 e. The summed E-state index contributed by atoms with van der Waals surface area (Å²) in [7, 11) is 5.96. The molecule has 0 aromatic rings. The van der Waals surface area contributed by atoms with E-state index in [4.69, 9.17) is 18.9 Å². The first kappa shape index (κ1) is 103. The number of carbonyl (C=O) groups is 3. The molecule has 0 aliphatic rings. The third-order valence-corrected chi connectivity index (χ3v) is 20.5. The Hall–Kier alpha value is -4.05. The van der Waals surface area contributed by atoms with Crippen LogP contribution in [-0.2, 0) is 33.3 Å². The highest BCUT2D eigenvalue weighted by Gasteiger charge is 2.22. The Kier molecular flexibility index (Phi) is 84.2. The van der Waals surface area contributed by atoms with Crippen molar-refractivity contribution < 1.29 is 42.9 Å². The highest BCUT2D eigenvalue weighted by molar-refractivity contribution is 5.70. The van der Waals surface area contributed by atoms with Crippen LogP contribution in [0.3, 0.4) is 0 Å². The molecule has 0 amide bonds. The molecule has 9 nitrogen and oxygen atoms in total. The number of carboxylic acids is 1. The molecule has 0 spiro atoms. The van der Waals surface area contributed by atoms with Crippen LogP contribution >= 0.6 is 0 Å². The van der Waals surface area contributed by atoms with Crippen molar-refractivity contribution in [2.24, 2.45) is 0 Å². The molecule has 2 atom stereocenters. The highest BCUT2D eigenvalue weighted by atomic mass is 16.7. The van der Waals surface area contributed by atoms with Gasteiger partial charge in [-0.05, 0) is 96.3 Å². The van der Waals surface area contributed by atoms with Gasteiger partial charge in [-0.15, -0.1) is 0 Å². The molecular weight excluding hydrogens is 1320 g/mol. The minimum atomic E-state index is -1.62. The Morgan fingerprint density at radius 2 is 0.505 bits per heavy atom. The Labute approximate surface area is 664 Å². The Balaban J connectivity index is 3.89. The summed E-state index contributed by atoms with van der Waals surface area (Å²) in [5.41, 5.74) is 0. The minimum Gasteiger partial charge on any atom is -0.545 e. The maximum Gasteiger partial charge on any atom is 0.306 e. The number of quaternary nitrogens is 1. The van der Waals surface area contributed by atoms with Gasteiger partial charge in [-0.25, -0.2) is 0 Å². The van der Waals surface area contributed by atoms with E-state index in [9.17, 15) is 19.5 Å². The van der Waals surface area contributed by atoms with Crippen molar-refractivity contribution in [3.8, 4) is 0 Å². The van der Waals surface area contributed by atoms with Gasteiger partial charge in [0.05, 0.1) is 40.3 Å². The molecule has 0 saturated carbocycles. The maximum absolute atomic E-state index is 13.0. The van der Waals surface area contributed by atoms with Gasteiger partial charge in [-0.1, -0.05) is 438 Å². The van der Waals surface area contributed by atoms with Crippen molar-refractivity contribution in [1.29, 1.82) is 0 Å². The van der Waals surface area contributed by atoms with Gasteiger partial charge in [-0.2, -0.15) is 0 Å². The molecule has 0 rings (SSSR count). The van der Waals surface area contributed by atoms with Gasteiger partial charge in [0.25, 0.3) is 0 Å². The third-order valence-electron chi connectivity index (χ3n) is 20.5. The standard InChI is InChI=1S/C98H175NO8/c1-6-8-10-12-14-16-18-20-22-24-26-28-30-32-34-36-38-40-42-44-46-48-50-52-54-56-58-60-62-64-66-68-70-72-74-76-78-80-82-84-86-88-95(100)105-92-94(93-106-98(97(102)103)104-91-90-99(3,4)5)107-96(101)89-87-85-83-81-79-77-75-73-71-69-67-65-63-61-59-57-55-53-51-49-47-45-43-41-39-37-35-33-31-29-27-25-23-21-19-17-15-13-11-9-7-2/h8-11,14-17,20-23,26-29,33,35,94,98H,6-7,12-13,18-19,24-25,30-32,34,36-93H2,1-5H3/b10-8-,11-9-,16-14-,17-15-,22-20-,23-21-,28-26-,29-27-,35-33-. The monoisotopic (exact) mass is 1490 g/mol. The van der Waals surface area contributed by atoms with Crippen LogP contribution in [0.25, 0.3) is 0 Å². The minimum absolute atomic E-state index is 0.149. The molecule has 0 radical (unpaired) electrons. The first-order valence-electron chi connectivity index (χ1n) is 46.0. The summed E-state index contributed by atoms with van der Waals surface area (Å²) in [6.45, 7) is 4.59. The molecule has 0 bridgehead atoms. The number of rotatable bonds is 86. The molecule has 9 heteroatoms. The van der Waals surface area contributed by atoms with Crippen molar-refractivity contribution in [3.05, 3.63) is 109 Å². The van der Waals surface area contributed by atoms with Crippen molar-refractivity contribution in [2.45, 2.75) is 450 Å². The van der Waals surface area contributed by atoms with Crippen LogP contribution in [-0.4, -0.2) is 82.3 Å². The lowest BCUT2D eigenvalue weighted by Crippen LogP contribution is -2.44. The van der Waals surface area contributed by atoms with Gasteiger partial charge in [0.15, 0.2) is 12.4 Å². The summed E-state index contributed by atoms with van der Waals surface area (Å²) in [5, 5.41) is 11.9. The molecule has 0 aliphatic carbocycles. The average Bonchev–Trinajstić information content (AvgIpc) is 0.965. The second-order valence-corrected chi connectivity index (χ2v) is 32.2. The van der Waals surface area contributed by atoms with Crippen LogP contribution in [0.4, 0.5) is 0 Å². The number of carbonyl (C=O) groups excluding carboxylic acids is 3. The first-order chi connectivity index (χ1) is 52.6. The van der Waals surface area contributed by atoms with Gasteiger partial charge in [-0.3, -0.25) is 9.59 Å². The summed E-state index contributed by atoms with van der Waals surface area (Å²) < 4.78 is 22.9. The van der Waals surface area contributed by atoms with E-state index in [0.29, 0.717) is 23.9 Å². The van der Waals surface area contributed by atoms with Crippen LogP contribution in [0.5, 0.6) is 0 Å². The van der Waals surface area contributed by atoms with E-state index in [2.05, 4.69) is 123 Å². The fraction of sp³-hybridized carbons (Fsp3) is 0.786. The summed E-state index contributed by atoms with van der Waals surface area (Å²) in [6.07, 6.45) is 121. The predicted octanol–water partition coefficient (Wildman–Crippen LogP) is 29.0. The number of carboxylic acid groups (broad SMARTS) is 1. The van der Waals surface area contributed by atoms with Crippen molar-refractivity contribution in [1.82, 2.24) is 0 Å². The number of allylic oxidation sites excluding steroid dienone is 18. The topological polar surface area (TPSA) is 111 Å².